The third kappa shape index (κ3) is 2.56. The first-order valence-corrected chi connectivity index (χ1v) is 6.04. The van der Waals surface area contributed by atoms with Crippen molar-refractivity contribution in [2.75, 3.05) is 5.32 Å². The van der Waals surface area contributed by atoms with E-state index in [4.69, 9.17) is 9.84 Å². The van der Waals surface area contributed by atoms with Crippen molar-refractivity contribution in [3.8, 4) is 5.75 Å². The third-order valence-corrected chi connectivity index (χ3v) is 2.90. The molecule has 1 heterocycles. The van der Waals surface area contributed by atoms with Crippen molar-refractivity contribution in [3.63, 3.8) is 0 Å². The number of hydrogen-bond acceptors (Lipinski definition) is 4. The molecule has 0 bridgehead atoms. The molecule has 106 valence electrons. The molecule has 1 aromatic carbocycles. The number of carbonyl (C=O) groups excluding carboxylic acids is 2. The van der Waals surface area contributed by atoms with Gasteiger partial charge >= 0.3 is 5.97 Å². The van der Waals surface area contributed by atoms with Crippen LogP contribution in [-0.4, -0.2) is 35.0 Å². The van der Waals surface area contributed by atoms with Crippen LogP contribution in [0.15, 0.2) is 18.2 Å². The predicted octanol–water partition coefficient (Wildman–Crippen LogP) is 0.609. The SMILES string of the molecule is CC1Oc2c(cccc2C(=O)N[C@H](C)C(=O)O)NC1=O. The summed E-state index contributed by atoms with van der Waals surface area (Å²) in [5.74, 6) is -1.76. The van der Waals surface area contributed by atoms with Crippen LogP contribution in [0.25, 0.3) is 0 Å². The first-order valence-electron chi connectivity index (χ1n) is 6.04. The van der Waals surface area contributed by atoms with Crippen molar-refractivity contribution >= 4 is 23.5 Å². The number of carbonyl (C=O) groups is 3. The maximum absolute atomic E-state index is 12.1. The summed E-state index contributed by atoms with van der Waals surface area (Å²) in [5, 5.41) is 13.8. The molecule has 3 N–H and O–H groups in total. The predicted molar refractivity (Wildman–Crippen MR) is 69.7 cm³/mol. The van der Waals surface area contributed by atoms with Gasteiger partial charge in [0.15, 0.2) is 11.9 Å². The second kappa shape index (κ2) is 5.20. The van der Waals surface area contributed by atoms with Crippen LogP contribution in [0.3, 0.4) is 0 Å². The molecule has 1 aromatic rings. The van der Waals surface area contributed by atoms with E-state index in [0.717, 1.165) is 0 Å². The van der Waals surface area contributed by atoms with Crippen LogP contribution in [-0.2, 0) is 9.59 Å². The Kier molecular flexibility index (Phi) is 3.60. The van der Waals surface area contributed by atoms with E-state index in [2.05, 4.69) is 10.6 Å². The number of para-hydroxylation sites is 1. The van der Waals surface area contributed by atoms with Crippen molar-refractivity contribution < 1.29 is 24.2 Å². The number of ether oxygens (including phenoxy) is 1. The van der Waals surface area contributed by atoms with Crippen molar-refractivity contribution in [3.05, 3.63) is 23.8 Å². The fraction of sp³-hybridized carbons (Fsp3) is 0.308. The zero-order valence-electron chi connectivity index (χ0n) is 11.0. The normalized spacial score (nSPS) is 18.3. The summed E-state index contributed by atoms with van der Waals surface area (Å²) in [7, 11) is 0. The van der Waals surface area contributed by atoms with Gasteiger partial charge in [-0.1, -0.05) is 6.07 Å². The zero-order chi connectivity index (χ0) is 14.9. The van der Waals surface area contributed by atoms with Crippen LogP contribution >= 0.6 is 0 Å². The minimum atomic E-state index is -1.13. The van der Waals surface area contributed by atoms with Crippen LogP contribution in [0.1, 0.15) is 24.2 Å². The molecule has 7 nitrogen and oxygen atoms in total. The van der Waals surface area contributed by atoms with E-state index in [1.54, 1.807) is 19.1 Å². The second-order valence-electron chi connectivity index (χ2n) is 4.46. The average Bonchev–Trinajstić information content (AvgIpc) is 2.39. The molecule has 0 spiro atoms. The van der Waals surface area contributed by atoms with E-state index in [0.29, 0.717) is 5.69 Å². The molecule has 2 amide bonds. The van der Waals surface area contributed by atoms with Crippen molar-refractivity contribution in [1.29, 1.82) is 0 Å². The lowest BCUT2D eigenvalue weighted by Gasteiger charge is -2.25. The molecule has 7 heteroatoms. The van der Waals surface area contributed by atoms with E-state index in [9.17, 15) is 14.4 Å². The van der Waals surface area contributed by atoms with E-state index in [-0.39, 0.29) is 17.2 Å². The first kappa shape index (κ1) is 13.9. The Bertz CT molecular complexity index is 584. The van der Waals surface area contributed by atoms with Crippen molar-refractivity contribution in [1.82, 2.24) is 5.32 Å². The van der Waals surface area contributed by atoms with Gasteiger partial charge in [0.25, 0.3) is 11.8 Å². The molecule has 0 radical (unpaired) electrons. The Balaban J connectivity index is 2.30. The summed E-state index contributed by atoms with van der Waals surface area (Å²) >= 11 is 0. The van der Waals surface area contributed by atoms with Gasteiger partial charge in [-0.25, -0.2) is 0 Å². The minimum Gasteiger partial charge on any atom is -0.480 e. The largest absolute Gasteiger partial charge is 0.480 e. The Hall–Kier alpha value is -2.57. The fourth-order valence-corrected chi connectivity index (χ4v) is 1.74. The van der Waals surface area contributed by atoms with E-state index >= 15 is 0 Å². The maximum atomic E-state index is 12.1. The summed E-state index contributed by atoms with van der Waals surface area (Å²) in [6.07, 6.45) is -0.714. The van der Waals surface area contributed by atoms with Gasteiger partial charge in [-0.2, -0.15) is 0 Å². The fourth-order valence-electron chi connectivity index (χ4n) is 1.74. The summed E-state index contributed by atoms with van der Waals surface area (Å²) < 4.78 is 5.42. The molecule has 2 rings (SSSR count). The van der Waals surface area contributed by atoms with Gasteiger partial charge in [0.05, 0.1) is 11.3 Å². The van der Waals surface area contributed by atoms with Gasteiger partial charge < -0.3 is 20.5 Å². The molecule has 20 heavy (non-hydrogen) atoms. The Morgan fingerprint density at radius 2 is 2.15 bits per heavy atom. The zero-order valence-corrected chi connectivity index (χ0v) is 11.0. The molecule has 1 aliphatic rings. The molecule has 0 aliphatic carbocycles. The Morgan fingerprint density at radius 1 is 1.45 bits per heavy atom. The second-order valence-corrected chi connectivity index (χ2v) is 4.46. The maximum Gasteiger partial charge on any atom is 0.325 e. The number of anilines is 1. The average molecular weight is 278 g/mol. The first-order chi connectivity index (χ1) is 9.40. The van der Waals surface area contributed by atoms with E-state index in [1.165, 1.54) is 13.0 Å². The monoisotopic (exact) mass is 278 g/mol. The smallest absolute Gasteiger partial charge is 0.325 e. The quantitative estimate of drug-likeness (QED) is 0.751. The third-order valence-electron chi connectivity index (χ3n) is 2.90. The van der Waals surface area contributed by atoms with E-state index < -0.39 is 24.0 Å². The molecular formula is C13H14N2O5. The molecule has 0 aromatic heterocycles. The highest BCUT2D eigenvalue weighted by molar-refractivity contribution is 6.04. The van der Waals surface area contributed by atoms with E-state index in [1.807, 2.05) is 0 Å². The number of benzene rings is 1. The molecule has 0 saturated heterocycles. The van der Waals surface area contributed by atoms with Crippen LogP contribution < -0.4 is 15.4 Å². The lowest BCUT2D eigenvalue weighted by Crippen LogP contribution is -2.40. The summed E-state index contributed by atoms with van der Waals surface area (Å²) in [6, 6.07) is 3.68. The van der Waals surface area contributed by atoms with Gasteiger partial charge in [-0.15, -0.1) is 0 Å². The standard InChI is InChI=1S/C13H14N2O5/c1-6(13(18)19)14-12(17)8-4-3-5-9-10(8)20-7(2)11(16)15-9/h3-7H,1-2H3,(H,14,17)(H,15,16)(H,18,19)/t6-,7?/m1/s1. The highest BCUT2D eigenvalue weighted by atomic mass is 16.5. The highest BCUT2D eigenvalue weighted by Crippen LogP contribution is 2.33. The summed E-state index contributed by atoms with van der Waals surface area (Å²) in [6.45, 7) is 2.92. The number of aliphatic carboxylic acids is 1. The molecule has 0 fully saturated rings. The Morgan fingerprint density at radius 3 is 2.80 bits per heavy atom. The highest BCUT2D eigenvalue weighted by Gasteiger charge is 2.28. The van der Waals surface area contributed by atoms with Crippen molar-refractivity contribution in [2.24, 2.45) is 0 Å². The topological polar surface area (TPSA) is 105 Å². The van der Waals surface area contributed by atoms with Gasteiger partial charge in [-0.05, 0) is 26.0 Å². The van der Waals surface area contributed by atoms with Gasteiger partial charge in [0.1, 0.15) is 6.04 Å². The summed E-state index contributed by atoms with van der Waals surface area (Å²) in [5.41, 5.74) is 0.575. The molecule has 1 unspecified atom stereocenters. The van der Waals surface area contributed by atoms with Gasteiger partial charge in [-0.3, -0.25) is 14.4 Å². The van der Waals surface area contributed by atoms with Crippen LogP contribution in [0.5, 0.6) is 5.75 Å². The van der Waals surface area contributed by atoms with Crippen LogP contribution in [0.2, 0.25) is 0 Å². The number of fused-ring (bicyclic) bond motifs is 1. The minimum absolute atomic E-state index is 0.183. The number of carboxylic acids is 1. The van der Waals surface area contributed by atoms with Crippen LogP contribution in [0.4, 0.5) is 5.69 Å². The van der Waals surface area contributed by atoms with Gasteiger partial charge in [0, 0.05) is 0 Å². The molecular weight excluding hydrogens is 264 g/mol. The molecule has 1 aliphatic heterocycles. The van der Waals surface area contributed by atoms with Crippen molar-refractivity contribution in [2.45, 2.75) is 26.0 Å². The number of nitrogens with one attached hydrogen (secondary N) is 2. The number of carboxylic acid groups (broad SMARTS) is 1. The molecule has 2 atom stereocenters. The van der Waals surface area contributed by atoms with Crippen LogP contribution in [0, 0.1) is 0 Å². The number of hydrogen-bond donors (Lipinski definition) is 3. The lowest BCUT2D eigenvalue weighted by molar-refractivity contribution is -0.138. The Labute approximate surface area is 114 Å². The van der Waals surface area contributed by atoms with Gasteiger partial charge in [0.2, 0.25) is 0 Å². The number of amides is 2. The number of rotatable bonds is 3. The molecule has 0 saturated carbocycles. The lowest BCUT2D eigenvalue weighted by atomic mass is 10.1. The summed E-state index contributed by atoms with van der Waals surface area (Å²) in [4.78, 5) is 34.3.